The van der Waals surface area contributed by atoms with Crippen LogP contribution in [0.5, 0.6) is 0 Å². The summed E-state index contributed by atoms with van der Waals surface area (Å²) in [5, 5.41) is 10.5. The number of non-ortho nitro benzene ring substituents is 1. The summed E-state index contributed by atoms with van der Waals surface area (Å²) in [6, 6.07) is 6.11. The number of furan rings is 1. The molecule has 1 aromatic heterocycles. The molecule has 0 radical (unpaired) electrons. The zero-order chi connectivity index (χ0) is 13.3. The second-order valence-corrected chi connectivity index (χ2v) is 3.64. The summed E-state index contributed by atoms with van der Waals surface area (Å²) < 4.78 is 18.8. The number of halogens is 1. The van der Waals surface area contributed by atoms with Crippen LogP contribution in [0.3, 0.4) is 0 Å². The fraction of sp³-hybridized carbons (Fsp3) is 0.0833. The maximum Gasteiger partial charge on any atom is 0.272 e. The van der Waals surface area contributed by atoms with E-state index in [4.69, 9.17) is 4.42 Å². The van der Waals surface area contributed by atoms with Crippen molar-refractivity contribution in [2.75, 3.05) is 0 Å². The second kappa shape index (κ2) is 4.40. The third-order valence-electron chi connectivity index (χ3n) is 2.38. The highest BCUT2D eigenvalue weighted by Crippen LogP contribution is 2.27. The lowest BCUT2D eigenvalue weighted by atomic mass is 10.1. The molecule has 0 spiro atoms. The fourth-order valence-corrected chi connectivity index (χ4v) is 1.49. The molecule has 5 nitrogen and oxygen atoms in total. The van der Waals surface area contributed by atoms with Crippen LogP contribution in [0.2, 0.25) is 0 Å². The van der Waals surface area contributed by atoms with Crippen molar-refractivity contribution in [2.24, 2.45) is 0 Å². The maximum absolute atomic E-state index is 13.7. The molecule has 0 bridgehead atoms. The molecule has 0 N–H and O–H groups in total. The van der Waals surface area contributed by atoms with Crippen LogP contribution in [-0.2, 0) is 0 Å². The van der Waals surface area contributed by atoms with Crippen molar-refractivity contribution in [3.05, 3.63) is 52.0 Å². The zero-order valence-electron chi connectivity index (χ0n) is 9.34. The molecule has 2 rings (SSSR count). The van der Waals surface area contributed by atoms with Crippen LogP contribution in [0.15, 0.2) is 34.7 Å². The van der Waals surface area contributed by atoms with Crippen molar-refractivity contribution in [3.8, 4) is 11.3 Å². The quantitative estimate of drug-likeness (QED) is 0.475. The van der Waals surface area contributed by atoms with Gasteiger partial charge in [0.1, 0.15) is 11.6 Å². The van der Waals surface area contributed by atoms with Crippen LogP contribution in [0.4, 0.5) is 10.1 Å². The first-order valence-corrected chi connectivity index (χ1v) is 5.04. The van der Waals surface area contributed by atoms with Gasteiger partial charge in [0.05, 0.1) is 16.6 Å². The molecule has 0 aliphatic carbocycles. The van der Waals surface area contributed by atoms with Gasteiger partial charge in [-0.15, -0.1) is 0 Å². The minimum Gasteiger partial charge on any atom is -0.453 e. The Hall–Kier alpha value is -2.50. The van der Waals surface area contributed by atoms with Crippen LogP contribution in [-0.4, -0.2) is 10.7 Å². The Morgan fingerprint density at radius 2 is 2.06 bits per heavy atom. The minimum absolute atomic E-state index is 0.0769. The van der Waals surface area contributed by atoms with Crippen molar-refractivity contribution in [1.82, 2.24) is 0 Å². The highest BCUT2D eigenvalue weighted by Gasteiger charge is 2.15. The van der Waals surface area contributed by atoms with E-state index in [1.807, 2.05) is 0 Å². The number of carbonyl (C=O) groups is 1. The van der Waals surface area contributed by atoms with Crippen molar-refractivity contribution >= 4 is 11.5 Å². The van der Waals surface area contributed by atoms with Gasteiger partial charge in [0.2, 0.25) is 0 Å². The Balaban J connectivity index is 2.44. The van der Waals surface area contributed by atoms with E-state index in [0.29, 0.717) is 0 Å². The summed E-state index contributed by atoms with van der Waals surface area (Å²) in [7, 11) is 0. The molecule has 1 aromatic carbocycles. The predicted molar refractivity (Wildman–Crippen MR) is 60.8 cm³/mol. The standard InChI is InChI=1S/C12H8FNO4/c1-7(15)11-4-5-12(18-11)9-3-2-8(14(16)17)6-10(9)13/h2-6H,1H3. The third-order valence-corrected chi connectivity index (χ3v) is 2.38. The second-order valence-electron chi connectivity index (χ2n) is 3.64. The summed E-state index contributed by atoms with van der Waals surface area (Å²) in [6.07, 6.45) is 0. The van der Waals surface area contributed by atoms with Crippen LogP contribution in [0, 0.1) is 15.9 Å². The molecule has 0 atom stereocenters. The SMILES string of the molecule is CC(=O)c1ccc(-c2ccc([N+](=O)[O-])cc2F)o1. The molecule has 92 valence electrons. The van der Waals surface area contributed by atoms with E-state index in [9.17, 15) is 19.3 Å². The summed E-state index contributed by atoms with van der Waals surface area (Å²) in [4.78, 5) is 20.8. The molecule has 18 heavy (non-hydrogen) atoms. The molecule has 0 aliphatic rings. The Labute approximate surface area is 101 Å². The van der Waals surface area contributed by atoms with Gasteiger partial charge in [0.25, 0.3) is 5.69 Å². The smallest absolute Gasteiger partial charge is 0.272 e. The third kappa shape index (κ3) is 2.13. The average molecular weight is 249 g/mol. The van der Waals surface area contributed by atoms with Crippen molar-refractivity contribution in [3.63, 3.8) is 0 Å². The molecule has 6 heteroatoms. The molecule has 0 amide bonds. The lowest BCUT2D eigenvalue weighted by Crippen LogP contribution is -1.90. The number of nitrogens with zero attached hydrogens (tertiary/aromatic N) is 1. The Bertz CT molecular complexity index is 633. The van der Waals surface area contributed by atoms with E-state index in [2.05, 4.69) is 0 Å². The highest BCUT2D eigenvalue weighted by atomic mass is 19.1. The van der Waals surface area contributed by atoms with Gasteiger partial charge in [-0.3, -0.25) is 14.9 Å². The highest BCUT2D eigenvalue weighted by molar-refractivity contribution is 5.91. The number of ketones is 1. The molecule has 0 aliphatic heterocycles. The molecule has 0 fully saturated rings. The van der Waals surface area contributed by atoms with Gasteiger partial charge in [-0.2, -0.15) is 0 Å². The lowest BCUT2D eigenvalue weighted by molar-refractivity contribution is -0.385. The van der Waals surface area contributed by atoms with E-state index in [1.165, 1.54) is 31.2 Å². The first kappa shape index (κ1) is 12.0. The lowest BCUT2D eigenvalue weighted by Gasteiger charge is -1.99. The number of nitro groups is 1. The van der Waals surface area contributed by atoms with Gasteiger partial charge in [-0.05, 0) is 18.2 Å². The summed E-state index contributed by atoms with van der Waals surface area (Å²) >= 11 is 0. The van der Waals surface area contributed by atoms with Crippen LogP contribution in [0.1, 0.15) is 17.5 Å². The topological polar surface area (TPSA) is 73.3 Å². The predicted octanol–water partition coefficient (Wildman–Crippen LogP) is 3.20. The maximum atomic E-state index is 13.7. The van der Waals surface area contributed by atoms with Crippen LogP contribution < -0.4 is 0 Å². The van der Waals surface area contributed by atoms with Gasteiger partial charge in [0, 0.05) is 13.0 Å². The van der Waals surface area contributed by atoms with Gasteiger partial charge >= 0.3 is 0 Å². The average Bonchev–Trinajstić information content (AvgIpc) is 2.78. The molecule has 0 unspecified atom stereocenters. The largest absolute Gasteiger partial charge is 0.453 e. The first-order chi connectivity index (χ1) is 8.49. The summed E-state index contributed by atoms with van der Waals surface area (Å²) in [6.45, 7) is 1.33. The minimum atomic E-state index is -0.770. The normalized spacial score (nSPS) is 10.3. The summed E-state index contributed by atoms with van der Waals surface area (Å²) in [5.74, 6) is -0.771. The van der Waals surface area contributed by atoms with E-state index >= 15 is 0 Å². The Morgan fingerprint density at radius 3 is 2.56 bits per heavy atom. The number of Topliss-reactive ketones (excluding diaryl/α,β-unsaturated/α-hetero) is 1. The van der Waals surface area contributed by atoms with Crippen molar-refractivity contribution < 1.29 is 18.5 Å². The van der Waals surface area contributed by atoms with Gasteiger partial charge < -0.3 is 4.42 Å². The van der Waals surface area contributed by atoms with E-state index in [1.54, 1.807) is 0 Å². The Morgan fingerprint density at radius 1 is 1.33 bits per heavy atom. The molecule has 2 aromatic rings. The molecule has 0 saturated carbocycles. The zero-order valence-corrected chi connectivity index (χ0v) is 9.34. The number of carbonyl (C=O) groups excluding carboxylic acids is 1. The van der Waals surface area contributed by atoms with E-state index in [-0.39, 0.29) is 28.6 Å². The molecular weight excluding hydrogens is 241 g/mol. The number of benzene rings is 1. The Kier molecular flexibility index (Phi) is 2.93. The number of rotatable bonds is 3. The van der Waals surface area contributed by atoms with E-state index < -0.39 is 10.7 Å². The monoisotopic (exact) mass is 249 g/mol. The molecule has 1 heterocycles. The van der Waals surface area contributed by atoms with E-state index in [0.717, 1.165) is 6.07 Å². The summed E-state index contributed by atoms with van der Waals surface area (Å²) in [5.41, 5.74) is -0.261. The van der Waals surface area contributed by atoms with Crippen molar-refractivity contribution in [1.29, 1.82) is 0 Å². The number of hydrogen-bond acceptors (Lipinski definition) is 4. The van der Waals surface area contributed by atoms with Gasteiger partial charge in [-0.1, -0.05) is 0 Å². The van der Waals surface area contributed by atoms with Gasteiger partial charge in [0.15, 0.2) is 11.5 Å². The fourth-order valence-electron chi connectivity index (χ4n) is 1.49. The molecular formula is C12H8FNO4. The van der Waals surface area contributed by atoms with Gasteiger partial charge in [-0.25, -0.2) is 4.39 Å². The number of hydrogen-bond donors (Lipinski definition) is 0. The first-order valence-electron chi connectivity index (χ1n) is 5.04. The van der Waals surface area contributed by atoms with Crippen molar-refractivity contribution in [2.45, 2.75) is 6.92 Å². The van der Waals surface area contributed by atoms with Crippen LogP contribution in [0.25, 0.3) is 11.3 Å². The number of nitro benzene ring substituents is 1. The van der Waals surface area contributed by atoms with Crippen LogP contribution >= 0.6 is 0 Å². The molecule has 0 saturated heterocycles.